The van der Waals surface area contributed by atoms with Gasteiger partial charge >= 0.3 is 0 Å². The van der Waals surface area contributed by atoms with Crippen molar-refractivity contribution in [3.63, 3.8) is 0 Å². The van der Waals surface area contributed by atoms with E-state index in [1.165, 1.54) is 0 Å². The van der Waals surface area contributed by atoms with Crippen LogP contribution in [0.15, 0.2) is 30.3 Å². The van der Waals surface area contributed by atoms with E-state index in [-0.39, 0.29) is 5.91 Å². The van der Waals surface area contributed by atoms with Crippen LogP contribution in [0.3, 0.4) is 0 Å². The average Bonchev–Trinajstić information content (AvgIpc) is 2.57. The highest BCUT2D eigenvalue weighted by Gasteiger charge is 2.16. The first-order chi connectivity index (χ1) is 11.6. The van der Waals surface area contributed by atoms with E-state index in [4.69, 9.17) is 21.1 Å². The number of benzene rings is 2. The summed E-state index contributed by atoms with van der Waals surface area (Å²) in [5, 5.41) is 3.35. The predicted molar refractivity (Wildman–Crippen MR) is 94.5 cm³/mol. The maximum Gasteiger partial charge on any atom is 0.251 e. The summed E-state index contributed by atoms with van der Waals surface area (Å²) in [4.78, 5) is 11.9. The third-order valence-corrected chi connectivity index (χ3v) is 4.25. The van der Waals surface area contributed by atoms with Crippen molar-refractivity contribution >= 4 is 17.5 Å². The maximum atomic E-state index is 11.9. The van der Waals surface area contributed by atoms with Crippen LogP contribution in [-0.4, -0.2) is 19.1 Å². The van der Waals surface area contributed by atoms with Crippen LogP contribution in [0.1, 0.15) is 34.8 Å². The first-order valence-electron chi connectivity index (χ1n) is 8.10. The van der Waals surface area contributed by atoms with Crippen molar-refractivity contribution in [1.82, 2.24) is 5.32 Å². The second kappa shape index (κ2) is 7.14. The molecule has 24 heavy (non-hydrogen) atoms. The van der Waals surface area contributed by atoms with Crippen molar-refractivity contribution in [2.75, 3.05) is 13.2 Å². The number of fused-ring (bicyclic) bond motifs is 1. The molecular formula is C19H20ClNO3. The van der Waals surface area contributed by atoms with Gasteiger partial charge < -0.3 is 14.8 Å². The lowest BCUT2D eigenvalue weighted by Crippen LogP contribution is -2.22. The van der Waals surface area contributed by atoms with Gasteiger partial charge in [0.2, 0.25) is 0 Å². The number of hydrogen-bond acceptors (Lipinski definition) is 3. The Kier molecular flexibility index (Phi) is 4.95. The van der Waals surface area contributed by atoms with Crippen LogP contribution in [0.4, 0.5) is 0 Å². The van der Waals surface area contributed by atoms with E-state index < -0.39 is 0 Å². The summed E-state index contributed by atoms with van der Waals surface area (Å²) in [6.45, 7) is 5.11. The Morgan fingerprint density at radius 3 is 2.88 bits per heavy atom. The lowest BCUT2D eigenvalue weighted by molar-refractivity contribution is 0.0955. The first-order valence-corrected chi connectivity index (χ1v) is 8.48. The molecule has 5 heteroatoms. The second-order valence-electron chi connectivity index (χ2n) is 5.78. The Morgan fingerprint density at radius 2 is 2.12 bits per heavy atom. The molecule has 1 N–H and O–H groups in total. The molecule has 0 aromatic heterocycles. The number of nitrogens with one attached hydrogen (secondary N) is 1. The first kappa shape index (κ1) is 16.7. The third kappa shape index (κ3) is 3.49. The quantitative estimate of drug-likeness (QED) is 0.886. The second-order valence-corrected chi connectivity index (χ2v) is 6.19. The largest absolute Gasteiger partial charge is 0.493 e. The third-order valence-electron chi connectivity index (χ3n) is 3.96. The molecule has 0 saturated carbocycles. The number of rotatable bonds is 4. The van der Waals surface area contributed by atoms with Crippen LogP contribution in [0.2, 0.25) is 5.02 Å². The van der Waals surface area contributed by atoms with Crippen LogP contribution >= 0.6 is 11.6 Å². The number of amides is 1. The van der Waals surface area contributed by atoms with Crippen molar-refractivity contribution in [2.45, 2.75) is 26.7 Å². The molecule has 0 aliphatic carbocycles. The molecule has 4 nitrogen and oxygen atoms in total. The molecule has 1 aliphatic rings. The molecule has 0 spiro atoms. The lowest BCUT2D eigenvalue weighted by Gasteiger charge is -2.19. The standard InChI is InChI=1S/C19H20ClNO3/c1-3-21-19(22)14-6-7-16(12(2)9-14)24-18-11-17-13(10-15(18)20)5-4-8-23-17/h6-7,9-11H,3-5,8H2,1-2H3,(H,21,22). The number of aryl methyl sites for hydroxylation is 2. The minimum atomic E-state index is -0.0904. The molecule has 1 aliphatic heterocycles. The minimum Gasteiger partial charge on any atom is -0.493 e. The zero-order valence-electron chi connectivity index (χ0n) is 13.8. The average molecular weight is 346 g/mol. The predicted octanol–water partition coefficient (Wildman–Crippen LogP) is 4.52. The zero-order valence-corrected chi connectivity index (χ0v) is 14.6. The van der Waals surface area contributed by atoms with E-state index in [1.807, 2.05) is 32.0 Å². The molecule has 0 saturated heterocycles. The summed E-state index contributed by atoms with van der Waals surface area (Å²) >= 11 is 6.34. The summed E-state index contributed by atoms with van der Waals surface area (Å²) in [7, 11) is 0. The van der Waals surface area contributed by atoms with Crippen molar-refractivity contribution in [3.8, 4) is 17.2 Å². The van der Waals surface area contributed by atoms with E-state index in [1.54, 1.807) is 12.1 Å². The molecule has 1 heterocycles. The Hall–Kier alpha value is -2.20. The number of halogens is 1. The van der Waals surface area contributed by atoms with Crippen LogP contribution in [-0.2, 0) is 6.42 Å². The molecule has 0 radical (unpaired) electrons. The number of ether oxygens (including phenoxy) is 2. The highest BCUT2D eigenvalue weighted by atomic mass is 35.5. The summed E-state index contributed by atoms with van der Waals surface area (Å²) < 4.78 is 11.6. The fraction of sp³-hybridized carbons (Fsp3) is 0.316. The van der Waals surface area contributed by atoms with Crippen molar-refractivity contribution in [3.05, 3.63) is 52.0 Å². The minimum absolute atomic E-state index is 0.0904. The van der Waals surface area contributed by atoms with Crippen molar-refractivity contribution in [2.24, 2.45) is 0 Å². The lowest BCUT2D eigenvalue weighted by atomic mass is 10.1. The normalized spacial score (nSPS) is 13.0. The van der Waals surface area contributed by atoms with Crippen molar-refractivity contribution < 1.29 is 14.3 Å². The van der Waals surface area contributed by atoms with Gasteiger partial charge in [-0.3, -0.25) is 4.79 Å². The van der Waals surface area contributed by atoms with Gasteiger partial charge in [0.05, 0.1) is 11.6 Å². The highest BCUT2D eigenvalue weighted by molar-refractivity contribution is 6.32. The summed E-state index contributed by atoms with van der Waals surface area (Å²) in [5.74, 6) is 1.97. The Morgan fingerprint density at radius 1 is 1.29 bits per heavy atom. The van der Waals surface area contributed by atoms with Gasteiger partial charge in [0, 0.05) is 18.2 Å². The number of carbonyl (C=O) groups excluding carboxylic acids is 1. The van der Waals surface area contributed by atoms with Crippen LogP contribution in [0, 0.1) is 6.92 Å². The van der Waals surface area contributed by atoms with E-state index in [0.717, 1.165) is 29.7 Å². The molecule has 1 amide bonds. The van der Waals surface area contributed by atoms with Gasteiger partial charge in [-0.2, -0.15) is 0 Å². The molecule has 2 aromatic carbocycles. The molecule has 3 rings (SSSR count). The molecule has 0 fully saturated rings. The summed E-state index contributed by atoms with van der Waals surface area (Å²) in [5.41, 5.74) is 2.59. The topological polar surface area (TPSA) is 47.6 Å². The molecule has 0 unspecified atom stereocenters. The number of carbonyl (C=O) groups is 1. The van der Waals surface area contributed by atoms with Crippen LogP contribution < -0.4 is 14.8 Å². The Labute approximate surface area is 146 Å². The van der Waals surface area contributed by atoms with Gasteiger partial charge in [-0.25, -0.2) is 0 Å². The van der Waals surface area contributed by atoms with Crippen molar-refractivity contribution in [1.29, 1.82) is 0 Å². The van der Waals surface area contributed by atoms with Gasteiger partial charge in [0.15, 0.2) is 0 Å². The van der Waals surface area contributed by atoms with E-state index in [9.17, 15) is 4.79 Å². The van der Waals surface area contributed by atoms with Gasteiger partial charge in [-0.1, -0.05) is 11.6 Å². The Balaban J connectivity index is 1.85. The summed E-state index contributed by atoms with van der Waals surface area (Å²) in [6, 6.07) is 9.09. The molecule has 0 bridgehead atoms. The Bertz CT molecular complexity index is 773. The molecule has 126 valence electrons. The summed E-state index contributed by atoms with van der Waals surface area (Å²) in [6.07, 6.45) is 1.97. The van der Waals surface area contributed by atoms with Crippen LogP contribution in [0.25, 0.3) is 0 Å². The SMILES string of the molecule is CCNC(=O)c1ccc(Oc2cc3c(cc2Cl)CCCO3)c(C)c1. The van der Waals surface area contributed by atoms with Crippen LogP contribution in [0.5, 0.6) is 17.2 Å². The zero-order chi connectivity index (χ0) is 17.1. The molecule has 2 aromatic rings. The smallest absolute Gasteiger partial charge is 0.251 e. The highest BCUT2D eigenvalue weighted by Crippen LogP contribution is 2.38. The molecular weight excluding hydrogens is 326 g/mol. The van der Waals surface area contributed by atoms with Gasteiger partial charge in [0.25, 0.3) is 5.91 Å². The number of hydrogen-bond donors (Lipinski definition) is 1. The fourth-order valence-electron chi connectivity index (χ4n) is 2.71. The maximum absolute atomic E-state index is 11.9. The monoisotopic (exact) mass is 345 g/mol. The molecule has 0 atom stereocenters. The van der Waals surface area contributed by atoms with E-state index >= 15 is 0 Å². The van der Waals surface area contributed by atoms with E-state index in [2.05, 4.69) is 5.32 Å². The van der Waals surface area contributed by atoms with Gasteiger partial charge in [-0.15, -0.1) is 0 Å². The fourth-order valence-corrected chi connectivity index (χ4v) is 2.94. The van der Waals surface area contributed by atoms with E-state index in [0.29, 0.717) is 35.2 Å². The van der Waals surface area contributed by atoms with Gasteiger partial charge in [0.1, 0.15) is 17.2 Å². The van der Waals surface area contributed by atoms with Gasteiger partial charge in [-0.05, 0) is 62.1 Å².